The van der Waals surface area contributed by atoms with Gasteiger partial charge in [-0.3, -0.25) is 9.78 Å². The number of carbonyl (C=O) groups excluding carboxylic acids is 1. The van der Waals surface area contributed by atoms with Crippen molar-refractivity contribution in [2.45, 2.75) is 6.54 Å². The first kappa shape index (κ1) is 13.5. The third-order valence-corrected chi connectivity index (χ3v) is 3.51. The van der Waals surface area contributed by atoms with E-state index in [-0.39, 0.29) is 5.91 Å². The van der Waals surface area contributed by atoms with Crippen LogP contribution in [0.4, 0.5) is 5.69 Å². The first-order valence-corrected chi connectivity index (χ1v) is 6.65. The Labute approximate surface area is 120 Å². The summed E-state index contributed by atoms with van der Waals surface area (Å²) in [5.74, 6) is -0.145. The van der Waals surface area contributed by atoms with E-state index in [0.29, 0.717) is 12.1 Å². The van der Waals surface area contributed by atoms with Crippen LogP contribution in [-0.2, 0) is 6.54 Å². The van der Waals surface area contributed by atoms with Gasteiger partial charge in [-0.2, -0.15) is 0 Å². The Hall–Kier alpha value is -1.88. The molecule has 0 aliphatic rings. The number of hydrogen-bond donors (Lipinski definition) is 2. The molecule has 2 N–H and O–H groups in total. The molecule has 98 valence electrons. The zero-order chi connectivity index (χ0) is 13.7. The molecule has 0 unspecified atom stereocenters. The standard InChI is InChI=1S/C14H14BrN3O/c1-16-13-6-7-17-9-11(13)14(19)18-8-10-4-2-3-5-12(10)15/h2-7,9H,8H2,1H3,(H,16,17)(H,18,19). The van der Waals surface area contributed by atoms with Gasteiger partial charge in [-0.1, -0.05) is 34.1 Å². The number of nitrogens with one attached hydrogen (secondary N) is 2. The van der Waals surface area contributed by atoms with Gasteiger partial charge in [0, 0.05) is 36.1 Å². The van der Waals surface area contributed by atoms with Crippen molar-refractivity contribution < 1.29 is 4.79 Å². The van der Waals surface area contributed by atoms with Gasteiger partial charge < -0.3 is 10.6 Å². The van der Waals surface area contributed by atoms with Crippen LogP contribution in [0.1, 0.15) is 15.9 Å². The minimum absolute atomic E-state index is 0.145. The second-order valence-electron chi connectivity index (χ2n) is 3.95. The first-order valence-electron chi connectivity index (χ1n) is 5.85. The van der Waals surface area contributed by atoms with Gasteiger partial charge in [-0.15, -0.1) is 0 Å². The predicted molar refractivity (Wildman–Crippen MR) is 79.1 cm³/mol. The maximum Gasteiger partial charge on any atom is 0.255 e. The van der Waals surface area contributed by atoms with E-state index in [2.05, 4.69) is 31.5 Å². The molecule has 0 aliphatic heterocycles. The SMILES string of the molecule is CNc1ccncc1C(=O)NCc1ccccc1Br. The molecule has 0 spiro atoms. The van der Waals surface area contributed by atoms with Gasteiger partial charge in [-0.05, 0) is 17.7 Å². The molecule has 5 heteroatoms. The van der Waals surface area contributed by atoms with Gasteiger partial charge in [0.2, 0.25) is 0 Å². The second-order valence-corrected chi connectivity index (χ2v) is 4.80. The fourth-order valence-electron chi connectivity index (χ4n) is 1.71. The molecule has 0 saturated heterocycles. The largest absolute Gasteiger partial charge is 0.387 e. The Morgan fingerprint density at radius 1 is 1.32 bits per heavy atom. The summed E-state index contributed by atoms with van der Waals surface area (Å²) in [5.41, 5.74) is 2.34. The van der Waals surface area contributed by atoms with E-state index in [1.165, 1.54) is 0 Å². The molecule has 0 bridgehead atoms. The molecular formula is C14H14BrN3O. The highest BCUT2D eigenvalue weighted by molar-refractivity contribution is 9.10. The lowest BCUT2D eigenvalue weighted by molar-refractivity contribution is 0.0951. The van der Waals surface area contributed by atoms with Crippen molar-refractivity contribution >= 4 is 27.5 Å². The highest BCUT2D eigenvalue weighted by atomic mass is 79.9. The van der Waals surface area contributed by atoms with Crippen molar-refractivity contribution in [3.8, 4) is 0 Å². The van der Waals surface area contributed by atoms with E-state index in [0.717, 1.165) is 15.7 Å². The number of nitrogens with zero attached hydrogens (tertiary/aromatic N) is 1. The van der Waals surface area contributed by atoms with E-state index >= 15 is 0 Å². The van der Waals surface area contributed by atoms with Gasteiger partial charge in [0.25, 0.3) is 5.91 Å². The van der Waals surface area contributed by atoms with Crippen LogP contribution in [0.25, 0.3) is 0 Å². The summed E-state index contributed by atoms with van der Waals surface area (Å²) in [6.45, 7) is 0.471. The highest BCUT2D eigenvalue weighted by Crippen LogP contribution is 2.16. The van der Waals surface area contributed by atoms with Crippen LogP contribution in [0.3, 0.4) is 0 Å². The van der Waals surface area contributed by atoms with E-state index < -0.39 is 0 Å². The van der Waals surface area contributed by atoms with Crippen LogP contribution in [0.15, 0.2) is 47.2 Å². The van der Waals surface area contributed by atoms with Crippen molar-refractivity contribution in [3.63, 3.8) is 0 Å². The molecule has 1 aromatic heterocycles. The van der Waals surface area contributed by atoms with Crippen molar-refractivity contribution in [2.24, 2.45) is 0 Å². The van der Waals surface area contributed by atoms with E-state index in [9.17, 15) is 4.79 Å². The molecule has 1 heterocycles. The van der Waals surface area contributed by atoms with Crippen molar-refractivity contribution in [3.05, 3.63) is 58.3 Å². The van der Waals surface area contributed by atoms with Crippen molar-refractivity contribution in [1.29, 1.82) is 0 Å². The number of aromatic nitrogens is 1. The monoisotopic (exact) mass is 319 g/mol. The van der Waals surface area contributed by atoms with Crippen LogP contribution < -0.4 is 10.6 Å². The lowest BCUT2D eigenvalue weighted by atomic mass is 10.2. The van der Waals surface area contributed by atoms with Crippen LogP contribution >= 0.6 is 15.9 Å². The maximum absolute atomic E-state index is 12.1. The average Bonchev–Trinajstić information content (AvgIpc) is 2.46. The summed E-state index contributed by atoms with van der Waals surface area (Å²) >= 11 is 3.45. The lowest BCUT2D eigenvalue weighted by Gasteiger charge is -2.10. The van der Waals surface area contributed by atoms with E-state index in [4.69, 9.17) is 0 Å². The van der Waals surface area contributed by atoms with Crippen LogP contribution in [-0.4, -0.2) is 17.9 Å². The minimum Gasteiger partial charge on any atom is -0.387 e. The topological polar surface area (TPSA) is 54.0 Å². The number of amides is 1. The lowest BCUT2D eigenvalue weighted by Crippen LogP contribution is -2.24. The number of halogens is 1. The zero-order valence-electron chi connectivity index (χ0n) is 10.5. The summed E-state index contributed by atoms with van der Waals surface area (Å²) in [7, 11) is 1.78. The molecule has 2 rings (SSSR count). The van der Waals surface area contributed by atoms with Crippen LogP contribution in [0.5, 0.6) is 0 Å². The van der Waals surface area contributed by atoms with Crippen molar-refractivity contribution in [1.82, 2.24) is 10.3 Å². The summed E-state index contributed by atoms with van der Waals surface area (Å²) < 4.78 is 0.982. The fourth-order valence-corrected chi connectivity index (χ4v) is 2.13. The van der Waals surface area contributed by atoms with Gasteiger partial charge in [0.1, 0.15) is 0 Å². The fraction of sp³-hybridized carbons (Fsp3) is 0.143. The Bertz CT molecular complexity index is 586. The number of benzene rings is 1. The van der Waals surface area contributed by atoms with Gasteiger partial charge >= 0.3 is 0 Å². The molecular weight excluding hydrogens is 306 g/mol. The molecule has 1 amide bonds. The molecule has 0 aliphatic carbocycles. The number of rotatable bonds is 4. The normalized spacial score (nSPS) is 10.0. The number of carbonyl (C=O) groups is 1. The summed E-state index contributed by atoms with van der Waals surface area (Å²) in [4.78, 5) is 16.1. The molecule has 4 nitrogen and oxygen atoms in total. The van der Waals surface area contributed by atoms with Gasteiger partial charge in [0.05, 0.1) is 5.56 Å². The minimum atomic E-state index is -0.145. The summed E-state index contributed by atoms with van der Waals surface area (Å²) in [6, 6.07) is 9.56. The Morgan fingerprint density at radius 3 is 2.84 bits per heavy atom. The van der Waals surface area contributed by atoms with Crippen LogP contribution in [0, 0.1) is 0 Å². The molecule has 0 saturated carbocycles. The van der Waals surface area contributed by atoms with Gasteiger partial charge in [0.15, 0.2) is 0 Å². The molecule has 0 atom stereocenters. The smallest absolute Gasteiger partial charge is 0.255 e. The summed E-state index contributed by atoms with van der Waals surface area (Å²) in [5, 5.41) is 5.86. The average molecular weight is 320 g/mol. The molecule has 19 heavy (non-hydrogen) atoms. The third kappa shape index (κ3) is 3.32. The number of pyridine rings is 1. The molecule has 1 aromatic carbocycles. The van der Waals surface area contributed by atoms with Crippen molar-refractivity contribution in [2.75, 3.05) is 12.4 Å². The maximum atomic E-state index is 12.1. The quantitative estimate of drug-likeness (QED) is 0.911. The Morgan fingerprint density at radius 2 is 2.11 bits per heavy atom. The predicted octanol–water partition coefficient (Wildman–Crippen LogP) is 2.82. The number of hydrogen-bond acceptors (Lipinski definition) is 3. The highest BCUT2D eigenvalue weighted by Gasteiger charge is 2.10. The molecule has 0 fully saturated rings. The van der Waals surface area contributed by atoms with E-state index in [1.54, 1.807) is 25.5 Å². The Balaban J connectivity index is 2.08. The second kappa shape index (κ2) is 6.33. The van der Waals surface area contributed by atoms with Crippen LogP contribution in [0.2, 0.25) is 0 Å². The first-order chi connectivity index (χ1) is 9.22. The summed E-state index contributed by atoms with van der Waals surface area (Å²) in [6.07, 6.45) is 3.21. The number of anilines is 1. The van der Waals surface area contributed by atoms with Gasteiger partial charge in [-0.25, -0.2) is 0 Å². The Kier molecular flexibility index (Phi) is 4.52. The molecule has 0 radical (unpaired) electrons. The third-order valence-electron chi connectivity index (χ3n) is 2.73. The van der Waals surface area contributed by atoms with E-state index in [1.807, 2.05) is 24.3 Å². The zero-order valence-corrected chi connectivity index (χ0v) is 12.1. The molecule has 2 aromatic rings.